The quantitative estimate of drug-likeness (QED) is 0.582. The summed E-state index contributed by atoms with van der Waals surface area (Å²) in [6.45, 7) is 5.51. The smallest absolute Gasteiger partial charge is 0.338 e. The van der Waals surface area contributed by atoms with E-state index in [1.165, 1.54) is 0 Å². The standard InChI is InChI=1S/C16H20N2O4/c1-5-10(9(3)22-17)11-6-13-12(7-14(11)21-4)15(16(19)20)8(2)18-13/h6-7,18H,5,17H2,1-4H3,(H,19,20). The van der Waals surface area contributed by atoms with Crippen molar-refractivity contribution in [1.29, 1.82) is 0 Å². The molecule has 1 aromatic carbocycles. The molecule has 0 aliphatic carbocycles. The molecule has 0 aliphatic heterocycles. The average Bonchev–Trinajstić information content (AvgIpc) is 2.81. The molecule has 0 spiro atoms. The fraction of sp³-hybridized carbons (Fsp3) is 0.312. The van der Waals surface area contributed by atoms with Crippen LogP contribution in [0.25, 0.3) is 16.5 Å². The molecule has 2 rings (SSSR count). The zero-order valence-electron chi connectivity index (χ0n) is 13.1. The number of carboxylic acids is 1. The number of aromatic nitrogens is 1. The van der Waals surface area contributed by atoms with E-state index >= 15 is 0 Å². The number of carboxylic acid groups (broad SMARTS) is 1. The Bertz CT molecular complexity index is 759. The van der Waals surface area contributed by atoms with Crippen LogP contribution in [0.3, 0.4) is 0 Å². The van der Waals surface area contributed by atoms with Gasteiger partial charge in [0.2, 0.25) is 0 Å². The largest absolute Gasteiger partial charge is 0.496 e. The van der Waals surface area contributed by atoms with Crippen LogP contribution >= 0.6 is 0 Å². The van der Waals surface area contributed by atoms with Crippen LogP contribution in [-0.4, -0.2) is 23.2 Å². The van der Waals surface area contributed by atoms with E-state index in [0.717, 1.165) is 16.7 Å². The van der Waals surface area contributed by atoms with Gasteiger partial charge in [-0.05, 0) is 32.4 Å². The molecule has 0 amide bonds. The minimum atomic E-state index is -0.966. The Morgan fingerprint density at radius 1 is 1.41 bits per heavy atom. The highest BCUT2D eigenvalue weighted by atomic mass is 16.6. The molecule has 0 radical (unpaired) electrons. The maximum absolute atomic E-state index is 11.4. The molecule has 0 atom stereocenters. The second-order valence-corrected chi connectivity index (χ2v) is 5.03. The van der Waals surface area contributed by atoms with Crippen LogP contribution in [0.4, 0.5) is 0 Å². The molecule has 0 saturated carbocycles. The first-order valence-corrected chi connectivity index (χ1v) is 6.95. The van der Waals surface area contributed by atoms with E-state index in [0.29, 0.717) is 29.0 Å². The predicted octanol–water partition coefficient (Wildman–Crippen LogP) is 3.21. The Balaban J connectivity index is 2.80. The van der Waals surface area contributed by atoms with Crippen LogP contribution in [0.1, 0.15) is 41.9 Å². The lowest BCUT2D eigenvalue weighted by atomic mass is 9.99. The van der Waals surface area contributed by atoms with E-state index < -0.39 is 5.97 Å². The summed E-state index contributed by atoms with van der Waals surface area (Å²) in [5, 5.41) is 9.98. The van der Waals surface area contributed by atoms with Crippen LogP contribution in [-0.2, 0) is 4.84 Å². The first-order valence-electron chi connectivity index (χ1n) is 6.95. The van der Waals surface area contributed by atoms with E-state index in [2.05, 4.69) is 4.98 Å². The lowest BCUT2D eigenvalue weighted by Crippen LogP contribution is -2.01. The second-order valence-electron chi connectivity index (χ2n) is 5.03. The minimum absolute atomic E-state index is 0.258. The van der Waals surface area contributed by atoms with Gasteiger partial charge in [-0.1, -0.05) is 6.92 Å². The number of aromatic carboxylic acids is 1. The molecule has 2 aromatic rings. The Hall–Kier alpha value is -2.47. The van der Waals surface area contributed by atoms with Crippen molar-refractivity contribution in [2.45, 2.75) is 27.2 Å². The summed E-state index contributed by atoms with van der Waals surface area (Å²) in [5.41, 5.74) is 3.34. The molecule has 6 heteroatoms. The lowest BCUT2D eigenvalue weighted by Gasteiger charge is -2.13. The number of benzene rings is 1. The lowest BCUT2D eigenvalue weighted by molar-refractivity contribution is 0.0698. The number of carbonyl (C=O) groups is 1. The van der Waals surface area contributed by atoms with E-state index in [1.807, 2.05) is 13.0 Å². The third-order valence-corrected chi connectivity index (χ3v) is 3.80. The maximum Gasteiger partial charge on any atom is 0.338 e. The van der Waals surface area contributed by atoms with Crippen LogP contribution in [0.5, 0.6) is 5.75 Å². The van der Waals surface area contributed by atoms with Gasteiger partial charge in [0.25, 0.3) is 0 Å². The summed E-state index contributed by atoms with van der Waals surface area (Å²) in [7, 11) is 1.55. The van der Waals surface area contributed by atoms with Crippen molar-refractivity contribution in [3.05, 3.63) is 34.7 Å². The summed E-state index contributed by atoms with van der Waals surface area (Å²) in [6, 6.07) is 3.60. The zero-order valence-corrected chi connectivity index (χ0v) is 13.1. The number of hydrogen-bond donors (Lipinski definition) is 3. The van der Waals surface area contributed by atoms with Crippen molar-refractivity contribution in [2.75, 3.05) is 7.11 Å². The fourth-order valence-corrected chi connectivity index (χ4v) is 2.74. The summed E-state index contributed by atoms with van der Waals surface area (Å²) >= 11 is 0. The second kappa shape index (κ2) is 6.11. The monoisotopic (exact) mass is 304 g/mol. The molecule has 118 valence electrons. The van der Waals surface area contributed by atoms with Gasteiger partial charge >= 0.3 is 5.97 Å². The summed E-state index contributed by atoms with van der Waals surface area (Å²) in [5.74, 6) is 5.49. The number of rotatable bonds is 5. The molecule has 0 bridgehead atoms. The van der Waals surface area contributed by atoms with Gasteiger partial charge in [-0.25, -0.2) is 4.79 Å². The molecule has 0 fully saturated rings. The van der Waals surface area contributed by atoms with Crippen molar-refractivity contribution >= 4 is 22.4 Å². The first-order chi connectivity index (χ1) is 10.4. The van der Waals surface area contributed by atoms with Gasteiger partial charge in [-0.15, -0.1) is 0 Å². The number of methoxy groups -OCH3 is 1. The van der Waals surface area contributed by atoms with Crippen molar-refractivity contribution < 1.29 is 19.5 Å². The van der Waals surface area contributed by atoms with Crippen molar-refractivity contribution in [1.82, 2.24) is 4.98 Å². The highest BCUT2D eigenvalue weighted by Crippen LogP contribution is 2.36. The van der Waals surface area contributed by atoms with E-state index in [1.54, 1.807) is 27.0 Å². The Labute approximate surface area is 128 Å². The molecule has 22 heavy (non-hydrogen) atoms. The van der Waals surface area contributed by atoms with Crippen LogP contribution < -0.4 is 10.6 Å². The molecular weight excluding hydrogens is 284 g/mol. The average molecular weight is 304 g/mol. The third-order valence-electron chi connectivity index (χ3n) is 3.80. The summed E-state index contributed by atoms with van der Waals surface area (Å²) < 4.78 is 5.44. The number of ether oxygens (including phenoxy) is 1. The molecule has 0 aliphatic rings. The zero-order chi connectivity index (χ0) is 16.4. The van der Waals surface area contributed by atoms with Crippen LogP contribution in [0, 0.1) is 6.92 Å². The molecule has 0 unspecified atom stereocenters. The number of aryl methyl sites for hydroxylation is 1. The Morgan fingerprint density at radius 2 is 2.09 bits per heavy atom. The number of aromatic amines is 1. The number of fused-ring (bicyclic) bond motifs is 1. The molecule has 1 heterocycles. The van der Waals surface area contributed by atoms with E-state index in [4.69, 9.17) is 15.5 Å². The number of hydrogen-bond acceptors (Lipinski definition) is 4. The van der Waals surface area contributed by atoms with Gasteiger partial charge in [0.05, 0.1) is 12.7 Å². The molecular formula is C16H20N2O4. The van der Waals surface area contributed by atoms with Crippen molar-refractivity contribution in [3.8, 4) is 5.75 Å². The Kier molecular flexibility index (Phi) is 4.42. The molecule has 0 saturated heterocycles. The first kappa shape index (κ1) is 15.9. The fourth-order valence-electron chi connectivity index (χ4n) is 2.74. The van der Waals surface area contributed by atoms with Gasteiger partial charge < -0.3 is 19.7 Å². The van der Waals surface area contributed by atoms with E-state index in [-0.39, 0.29) is 5.56 Å². The highest BCUT2D eigenvalue weighted by molar-refractivity contribution is 6.06. The van der Waals surface area contributed by atoms with Crippen LogP contribution in [0.2, 0.25) is 0 Å². The SMILES string of the molecule is CCC(=C(C)ON)c1cc2[nH]c(C)c(C(=O)O)c2cc1OC. The number of nitrogens with two attached hydrogens (primary N) is 1. The maximum atomic E-state index is 11.4. The van der Waals surface area contributed by atoms with Crippen molar-refractivity contribution in [3.63, 3.8) is 0 Å². The minimum Gasteiger partial charge on any atom is -0.496 e. The van der Waals surface area contributed by atoms with Crippen molar-refractivity contribution in [2.24, 2.45) is 5.90 Å². The normalized spacial score (nSPS) is 12.2. The van der Waals surface area contributed by atoms with Crippen LogP contribution in [0.15, 0.2) is 17.9 Å². The molecule has 6 nitrogen and oxygen atoms in total. The highest BCUT2D eigenvalue weighted by Gasteiger charge is 2.19. The van der Waals surface area contributed by atoms with Gasteiger partial charge in [-0.3, -0.25) is 0 Å². The van der Waals surface area contributed by atoms with Gasteiger partial charge in [0, 0.05) is 27.7 Å². The molecule has 1 aromatic heterocycles. The van der Waals surface area contributed by atoms with E-state index in [9.17, 15) is 9.90 Å². The van der Waals surface area contributed by atoms with Gasteiger partial charge in [0.1, 0.15) is 11.5 Å². The van der Waals surface area contributed by atoms with Gasteiger partial charge in [0.15, 0.2) is 0 Å². The number of nitrogens with one attached hydrogen (secondary N) is 1. The predicted molar refractivity (Wildman–Crippen MR) is 84.7 cm³/mol. The number of H-pyrrole nitrogens is 1. The van der Waals surface area contributed by atoms with Gasteiger partial charge in [-0.2, -0.15) is 5.90 Å². The topological polar surface area (TPSA) is 97.6 Å². The summed E-state index contributed by atoms with van der Waals surface area (Å²) in [4.78, 5) is 19.4. The number of allylic oxidation sites excluding steroid dienone is 2. The summed E-state index contributed by atoms with van der Waals surface area (Å²) in [6.07, 6.45) is 0.705. The molecule has 4 N–H and O–H groups in total. The third kappa shape index (κ3) is 2.53. The Morgan fingerprint density at radius 3 is 2.59 bits per heavy atom.